The van der Waals surface area contributed by atoms with Crippen LogP contribution in [0.3, 0.4) is 0 Å². The average Bonchev–Trinajstić information content (AvgIpc) is 2.83. The van der Waals surface area contributed by atoms with E-state index in [9.17, 15) is 33.9 Å². The molecule has 36 heavy (non-hydrogen) atoms. The van der Waals surface area contributed by atoms with E-state index in [2.05, 4.69) is 23.3 Å². The smallest absolute Gasteiger partial charge is 0.326 e. The standard InChI is InChI=1S/C20H35N5O8S3/c1-35-7-5-11(21)18(30)25(19(31)12(22)6-8-36-2)14(20(32)33)3-4-15(26)24-13(10-34)17(29)23-9-16(27)28/h11-14,34H,3-10,21-22H2,1-2H3,(H,23,29)(H,24,26)(H,27,28)(H,32,33)/t11-,12-,13-,14-/m0/s1. The van der Waals surface area contributed by atoms with Crippen LogP contribution in [0.4, 0.5) is 0 Å². The van der Waals surface area contributed by atoms with E-state index >= 15 is 0 Å². The highest BCUT2D eigenvalue weighted by atomic mass is 32.2. The molecule has 0 aliphatic heterocycles. The lowest BCUT2D eigenvalue weighted by Gasteiger charge is -2.31. The van der Waals surface area contributed by atoms with Gasteiger partial charge in [-0.3, -0.25) is 28.9 Å². The van der Waals surface area contributed by atoms with Gasteiger partial charge in [0.15, 0.2) is 0 Å². The molecule has 0 aliphatic carbocycles. The number of imide groups is 1. The number of nitrogens with one attached hydrogen (secondary N) is 2. The van der Waals surface area contributed by atoms with Gasteiger partial charge in [0, 0.05) is 12.2 Å². The van der Waals surface area contributed by atoms with Crippen molar-refractivity contribution in [1.82, 2.24) is 15.5 Å². The van der Waals surface area contributed by atoms with Crippen molar-refractivity contribution >= 4 is 71.7 Å². The van der Waals surface area contributed by atoms with Gasteiger partial charge in [-0.05, 0) is 43.3 Å². The van der Waals surface area contributed by atoms with Crippen LogP contribution in [0.5, 0.6) is 0 Å². The van der Waals surface area contributed by atoms with Crippen LogP contribution in [-0.2, 0) is 28.8 Å². The Hall–Kier alpha value is -2.01. The normalized spacial score (nSPS) is 14.1. The van der Waals surface area contributed by atoms with E-state index in [-0.39, 0.29) is 18.6 Å². The maximum Gasteiger partial charge on any atom is 0.326 e. The monoisotopic (exact) mass is 569 g/mol. The van der Waals surface area contributed by atoms with Crippen LogP contribution in [0, 0.1) is 0 Å². The number of carbonyl (C=O) groups is 6. The molecule has 4 atom stereocenters. The van der Waals surface area contributed by atoms with Crippen LogP contribution >= 0.6 is 36.2 Å². The van der Waals surface area contributed by atoms with Crippen molar-refractivity contribution in [3.05, 3.63) is 0 Å². The van der Waals surface area contributed by atoms with Crippen LogP contribution in [0.1, 0.15) is 25.7 Å². The van der Waals surface area contributed by atoms with Crippen molar-refractivity contribution in [3.63, 3.8) is 0 Å². The van der Waals surface area contributed by atoms with E-state index in [1.807, 2.05) is 0 Å². The highest BCUT2D eigenvalue weighted by Crippen LogP contribution is 2.15. The molecule has 0 fully saturated rings. The Morgan fingerprint density at radius 1 is 0.917 bits per heavy atom. The number of nitrogens with zero attached hydrogens (tertiary/aromatic N) is 1. The van der Waals surface area contributed by atoms with E-state index in [0.717, 1.165) is 0 Å². The second-order valence-electron chi connectivity index (χ2n) is 7.63. The maximum atomic E-state index is 13.0. The van der Waals surface area contributed by atoms with Crippen molar-refractivity contribution < 1.29 is 39.0 Å². The minimum Gasteiger partial charge on any atom is -0.480 e. The van der Waals surface area contributed by atoms with Crippen LogP contribution in [-0.4, -0.2) is 111 Å². The zero-order chi connectivity index (χ0) is 27.8. The Kier molecular flexibility index (Phi) is 17.2. The zero-order valence-corrected chi connectivity index (χ0v) is 22.7. The van der Waals surface area contributed by atoms with Crippen LogP contribution in [0.2, 0.25) is 0 Å². The molecule has 0 spiro atoms. The third-order valence-corrected chi connectivity index (χ3v) is 6.52. The number of hydrogen-bond acceptors (Lipinski definition) is 11. The number of nitrogens with two attached hydrogens (primary N) is 2. The molecule has 0 unspecified atom stereocenters. The highest BCUT2D eigenvalue weighted by Gasteiger charge is 2.39. The van der Waals surface area contributed by atoms with Crippen molar-refractivity contribution in [2.45, 2.75) is 49.9 Å². The Balaban J connectivity index is 5.62. The Bertz CT molecular complexity index is 762. The predicted octanol–water partition coefficient (Wildman–Crippen LogP) is -1.65. The molecule has 0 aromatic heterocycles. The fourth-order valence-corrected chi connectivity index (χ4v) is 4.12. The van der Waals surface area contributed by atoms with Gasteiger partial charge in [-0.25, -0.2) is 4.79 Å². The van der Waals surface area contributed by atoms with E-state index in [4.69, 9.17) is 16.6 Å². The van der Waals surface area contributed by atoms with E-state index in [1.54, 1.807) is 12.5 Å². The summed E-state index contributed by atoms with van der Waals surface area (Å²) >= 11 is 6.81. The van der Waals surface area contributed by atoms with Gasteiger partial charge in [0.25, 0.3) is 0 Å². The summed E-state index contributed by atoms with van der Waals surface area (Å²) in [6, 6.07) is -5.18. The first-order valence-corrected chi connectivity index (χ1v) is 14.3. The summed E-state index contributed by atoms with van der Waals surface area (Å²) in [5.41, 5.74) is 11.9. The SMILES string of the molecule is CSCC[C@H](N)C(=O)N(C(=O)[C@@H](N)CCSC)[C@@H](CCC(=O)N[C@@H](CS)C(=O)NCC(=O)O)C(=O)O. The van der Waals surface area contributed by atoms with Gasteiger partial charge in [0.05, 0.1) is 12.1 Å². The summed E-state index contributed by atoms with van der Waals surface area (Å²) in [7, 11) is 0. The lowest BCUT2D eigenvalue weighted by Crippen LogP contribution is -2.58. The second kappa shape index (κ2) is 18.3. The van der Waals surface area contributed by atoms with E-state index in [0.29, 0.717) is 16.4 Å². The van der Waals surface area contributed by atoms with Gasteiger partial charge < -0.3 is 32.3 Å². The van der Waals surface area contributed by atoms with Gasteiger partial charge in [-0.2, -0.15) is 36.2 Å². The van der Waals surface area contributed by atoms with Gasteiger partial charge in [-0.1, -0.05) is 0 Å². The molecule has 4 amide bonds. The van der Waals surface area contributed by atoms with Crippen molar-refractivity contribution in [1.29, 1.82) is 0 Å². The first-order chi connectivity index (χ1) is 16.9. The average molecular weight is 570 g/mol. The molecule has 0 rings (SSSR count). The summed E-state index contributed by atoms with van der Waals surface area (Å²) in [5.74, 6) is -5.30. The first kappa shape index (κ1) is 34.0. The molecular formula is C20H35N5O8S3. The molecule has 0 saturated carbocycles. The first-order valence-electron chi connectivity index (χ1n) is 10.9. The molecule has 8 N–H and O–H groups in total. The third kappa shape index (κ3) is 12.3. The summed E-state index contributed by atoms with van der Waals surface area (Å²) in [4.78, 5) is 73.7. The Morgan fingerprint density at radius 3 is 1.81 bits per heavy atom. The fraction of sp³-hybridized carbons (Fsp3) is 0.700. The number of amides is 4. The number of rotatable bonds is 18. The number of carboxylic acid groups (broad SMARTS) is 2. The number of thiol groups is 1. The molecule has 0 saturated heterocycles. The maximum absolute atomic E-state index is 13.0. The number of carbonyl (C=O) groups excluding carboxylic acids is 4. The van der Waals surface area contributed by atoms with E-state index < -0.39 is 79.1 Å². The van der Waals surface area contributed by atoms with Crippen LogP contribution < -0.4 is 22.1 Å². The van der Waals surface area contributed by atoms with Gasteiger partial charge in [0.2, 0.25) is 23.6 Å². The fourth-order valence-electron chi connectivity index (χ4n) is 2.89. The largest absolute Gasteiger partial charge is 0.480 e. The number of aliphatic carboxylic acids is 2. The Morgan fingerprint density at radius 2 is 1.42 bits per heavy atom. The lowest BCUT2D eigenvalue weighted by molar-refractivity contribution is -0.159. The molecule has 13 nitrogen and oxygen atoms in total. The predicted molar refractivity (Wildman–Crippen MR) is 141 cm³/mol. The second-order valence-corrected chi connectivity index (χ2v) is 9.97. The summed E-state index contributed by atoms with van der Waals surface area (Å²) < 4.78 is 0. The molecule has 0 aromatic rings. The molecule has 0 aromatic carbocycles. The van der Waals surface area contributed by atoms with Crippen molar-refractivity contribution in [2.75, 3.05) is 36.3 Å². The summed E-state index contributed by atoms with van der Waals surface area (Å²) in [5, 5.41) is 22.9. The third-order valence-electron chi connectivity index (χ3n) is 4.86. The van der Waals surface area contributed by atoms with Gasteiger partial charge in [0.1, 0.15) is 18.6 Å². The molecular weight excluding hydrogens is 534 g/mol. The highest BCUT2D eigenvalue weighted by molar-refractivity contribution is 7.98. The van der Waals surface area contributed by atoms with Gasteiger partial charge in [-0.15, -0.1) is 0 Å². The van der Waals surface area contributed by atoms with Gasteiger partial charge >= 0.3 is 11.9 Å². The minimum absolute atomic E-state index is 0.156. The Labute approximate surface area is 223 Å². The molecule has 16 heteroatoms. The minimum atomic E-state index is -1.72. The van der Waals surface area contributed by atoms with Crippen molar-refractivity contribution in [3.8, 4) is 0 Å². The number of thioether (sulfide) groups is 2. The summed E-state index contributed by atoms with van der Waals surface area (Å²) in [6.45, 7) is -0.660. The van der Waals surface area contributed by atoms with Crippen molar-refractivity contribution in [2.24, 2.45) is 11.5 Å². The molecule has 0 radical (unpaired) electrons. The molecule has 206 valence electrons. The lowest BCUT2D eigenvalue weighted by atomic mass is 10.0. The van der Waals surface area contributed by atoms with E-state index in [1.165, 1.54) is 23.5 Å². The number of hydrogen-bond donors (Lipinski definition) is 7. The molecule has 0 bridgehead atoms. The summed E-state index contributed by atoms with van der Waals surface area (Å²) in [6.07, 6.45) is 3.08. The molecule has 0 aliphatic rings. The molecule has 0 heterocycles. The van der Waals surface area contributed by atoms with Crippen LogP contribution in [0.15, 0.2) is 0 Å². The topological polar surface area (TPSA) is 222 Å². The number of carboxylic acids is 2. The zero-order valence-electron chi connectivity index (χ0n) is 20.2. The van der Waals surface area contributed by atoms with Crippen LogP contribution in [0.25, 0.3) is 0 Å². The quantitative estimate of drug-likeness (QED) is 0.0923.